The van der Waals surface area contributed by atoms with Gasteiger partial charge in [-0.15, -0.1) is 0 Å². The van der Waals surface area contributed by atoms with Gasteiger partial charge in [0.05, 0.1) is 6.20 Å². The maximum atomic E-state index is 11.9. The van der Waals surface area contributed by atoms with E-state index in [1.54, 1.807) is 6.07 Å². The molecule has 1 aliphatic carbocycles. The summed E-state index contributed by atoms with van der Waals surface area (Å²) in [6.07, 6.45) is 4.43. The van der Waals surface area contributed by atoms with Crippen molar-refractivity contribution in [2.45, 2.75) is 31.4 Å². The van der Waals surface area contributed by atoms with E-state index in [9.17, 15) is 8.78 Å². The van der Waals surface area contributed by atoms with E-state index in [0.29, 0.717) is 12.4 Å². The Balaban J connectivity index is 1.85. The smallest absolute Gasteiger partial charge is 0.387 e. The number of nitrogens with zero attached hydrogens (tertiary/aromatic N) is 1. The molecule has 1 fully saturated rings. The Hall–Kier alpha value is -1.43. The maximum absolute atomic E-state index is 11.9. The number of nitrogens with two attached hydrogens (primary N) is 1. The van der Waals surface area contributed by atoms with Gasteiger partial charge in [0.1, 0.15) is 11.6 Å². The third kappa shape index (κ3) is 3.26. The largest absolute Gasteiger partial charge is 0.433 e. The van der Waals surface area contributed by atoms with Crippen molar-refractivity contribution in [2.75, 3.05) is 11.9 Å². The third-order valence-corrected chi connectivity index (χ3v) is 2.93. The molecule has 0 aliphatic heterocycles. The lowest BCUT2D eigenvalue weighted by atomic mass is 9.78. The van der Waals surface area contributed by atoms with Gasteiger partial charge in [-0.3, -0.25) is 0 Å². The van der Waals surface area contributed by atoms with Gasteiger partial charge in [-0.05, 0) is 31.4 Å². The molecule has 6 heteroatoms. The first-order valence-corrected chi connectivity index (χ1v) is 5.51. The molecule has 1 aromatic heterocycles. The third-order valence-electron chi connectivity index (χ3n) is 2.93. The molecule has 1 heterocycles. The van der Waals surface area contributed by atoms with Crippen LogP contribution in [0.1, 0.15) is 19.3 Å². The lowest BCUT2D eigenvalue weighted by Crippen LogP contribution is -2.52. The summed E-state index contributed by atoms with van der Waals surface area (Å²) in [5.41, 5.74) is 5.89. The summed E-state index contributed by atoms with van der Waals surface area (Å²) in [7, 11) is 0. The fraction of sp³-hybridized carbons (Fsp3) is 0.545. The van der Waals surface area contributed by atoms with Crippen molar-refractivity contribution in [3.05, 3.63) is 18.3 Å². The molecule has 0 amide bonds. The normalized spacial score (nSPS) is 17.6. The molecule has 1 aromatic rings. The number of rotatable bonds is 5. The molecule has 1 saturated carbocycles. The molecular weight excluding hydrogens is 228 g/mol. The molecule has 0 saturated heterocycles. The Labute approximate surface area is 98.2 Å². The zero-order valence-corrected chi connectivity index (χ0v) is 9.33. The van der Waals surface area contributed by atoms with Gasteiger partial charge >= 0.3 is 6.61 Å². The van der Waals surface area contributed by atoms with Crippen molar-refractivity contribution in [3.8, 4) is 5.75 Å². The van der Waals surface area contributed by atoms with Gasteiger partial charge in [-0.25, -0.2) is 4.98 Å². The van der Waals surface area contributed by atoms with Crippen LogP contribution in [-0.2, 0) is 0 Å². The Morgan fingerprint density at radius 2 is 2.24 bits per heavy atom. The fourth-order valence-corrected chi connectivity index (χ4v) is 1.73. The summed E-state index contributed by atoms with van der Waals surface area (Å²) in [5, 5.41) is 3.09. The summed E-state index contributed by atoms with van der Waals surface area (Å²) in [6, 6.07) is 3.05. The van der Waals surface area contributed by atoms with Crippen molar-refractivity contribution < 1.29 is 13.5 Å². The van der Waals surface area contributed by atoms with Gasteiger partial charge in [0.25, 0.3) is 0 Å². The highest BCUT2D eigenvalue weighted by atomic mass is 19.3. The number of anilines is 1. The summed E-state index contributed by atoms with van der Waals surface area (Å²) < 4.78 is 28.0. The summed E-state index contributed by atoms with van der Waals surface area (Å²) >= 11 is 0. The lowest BCUT2D eigenvalue weighted by molar-refractivity contribution is -0.0500. The highest BCUT2D eigenvalue weighted by molar-refractivity contribution is 5.38. The zero-order valence-electron chi connectivity index (χ0n) is 9.33. The zero-order chi connectivity index (χ0) is 12.3. The van der Waals surface area contributed by atoms with Crippen LogP contribution in [0.15, 0.2) is 18.3 Å². The van der Waals surface area contributed by atoms with E-state index >= 15 is 0 Å². The van der Waals surface area contributed by atoms with Crippen LogP contribution in [-0.4, -0.2) is 23.7 Å². The standard InChI is InChI=1S/C11H15F2N3O/c12-10(13)17-8-2-3-9(15-6-8)16-7-11(14)4-1-5-11/h2-3,6,10H,1,4-5,7,14H2,(H,15,16). The summed E-state index contributed by atoms with van der Waals surface area (Å²) in [5.74, 6) is 0.667. The van der Waals surface area contributed by atoms with Crippen LogP contribution in [0.5, 0.6) is 5.75 Å². The van der Waals surface area contributed by atoms with Crippen molar-refractivity contribution >= 4 is 5.82 Å². The van der Waals surface area contributed by atoms with Crippen LogP contribution in [0.2, 0.25) is 0 Å². The molecule has 0 bridgehead atoms. The van der Waals surface area contributed by atoms with Crippen LogP contribution in [0, 0.1) is 0 Å². The molecule has 0 spiro atoms. The second kappa shape index (κ2) is 4.83. The number of nitrogens with one attached hydrogen (secondary N) is 1. The average Bonchev–Trinajstić information content (AvgIpc) is 2.25. The Morgan fingerprint density at radius 1 is 1.47 bits per heavy atom. The molecular formula is C11H15F2N3O. The van der Waals surface area contributed by atoms with E-state index in [0.717, 1.165) is 19.3 Å². The summed E-state index contributed by atoms with van der Waals surface area (Å²) in [4.78, 5) is 3.97. The van der Waals surface area contributed by atoms with Gasteiger partial charge in [0.2, 0.25) is 0 Å². The number of alkyl halides is 2. The fourth-order valence-electron chi connectivity index (χ4n) is 1.73. The average molecular weight is 243 g/mol. The predicted molar refractivity (Wildman–Crippen MR) is 60.1 cm³/mol. The van der Waals surface area contributed by atoms with Gasteiger partial charge in [-0.1, -0.05) is 0 Å². The molecule has 0 unspecified atom stereocenters. The molecule has 0 aromatic carbocycles. The van der Waals surface area contributed by atoms with Crippen LogP contribution in [0.4, 0.5) is 14.6 Å². The number of ether oxygens (including phenoxy) is 1. The number of hydrogen-bond donors (Lipinski definition) is 2. The van der Waals surface area contributed by atoms with Gasteiger partial charge in [0.15, 0.2) is 0 Å². The van der Waals surface area contributed by atoms with Gasteiger partial charge < -0.3 is 15.8 Å². The van der Waals surface area contributed by atoms with E-state index in [2.05, 4.69) is 15.0 Å². The first-order valence-electron chi connectivity index (χ1n) is 5.51. The van der Waals surface area contributed by atoms with E-state index in [1.807, 2.05) is 0 Å². The van der Waals surface area contributed by atoms with E-state index < -0.39 is 6.61 Å². The molecule has 0 atom stereocenters. The highest BCUT2D eigenvalue weighted by Gasteiger charge is 2.32. The van der Waals surface area contributed by atoms with Gasteiger partial charge in [0, 0.05) is 12.1 Å². The number of aromatic nitrogens is 1. The molecule has 17 heavy (non-hydrogen) atoms. The molecule has 3 N–H and O–H groups in total. The lowest BCUT2D eigenvalue weighted by Gasteiger charge is -2.38. The molecule has 2 rings (SSSR count). The number of halogens is 2. The van der Waals surface area contributed by atoms with Crippen molar-refractivity contribution in [3.63, 3.8) is 0 Å². The minimum Gasteiger partial charge on any atom is -0.433 e. The van der Waals surface area contributed by atoms with Crippen LogP contribution >= 0.6 is 0 Å². The minimum absolute atomic E-state index is 0.0525. The molecule has 0 radical (unpaired) electrons. The quantitative estimate of drug-likeness (QED) is 0.830. The Kier molecular flexibility index (Phi) is 3.42. The maximum Gasteiger partial charge on any atom is 0.387 e. The van der Waals surface area contributed by atoms with Crippen LogP contribution in [0.25, 0.3) is 0 Å². The van der Waals surface area contributed by atoms with Crippen molar-refractivity contribution in [1.29, 1.82) is 0 Å². The highest BCUT2D eigenvalue weighted by Crippen LogP contribution is 2.29. The Morgan fingerprint density at radius 3 is 2.71 bits per heavy atom. The van der Waals surface area contributed by atoms with E-state index in [-0.39, 0.29) is 11.3 Å². The molecule has 94 valence electrons. The first kappa shape index (κ1) is 12.0. The number of pyridine rings is 1. The Bertz CT molecular complexity index is 365. The second-order valence-electron chi connectivity index (χ2n) is 4.33. The first-order chi connectivity index (χ1) is 8.07. The van der Waals surface area contributed by atoms with Crippen molar-refractivity contribution in [2.24, 2.45) is 5.73 Å². The number of hydrogen-bond acceptors (Lipinski definition) is 4. The topological polar surface area (TPSA) is 60.2 Å². The van der Waals surface area contributed by atoms with E-state index in [4.69, 9.17) is 5.73 Å². The predicted octanol–water partition coefficient (Wildman–Crippen LogP) is 1.98. The van der Waals surface area contributed by atoms with Crippen LogP contribution in [0.3, 0.4) is 0 Å². The van der Waals surface area contributed by atoms with Gasteiger partial charge in [-0.2, -0.15) is 8.78 Å². The SMILES string of the molecule is NC1(CNc2ccc(OC(F)F)cn2)CCC1. The summed E-state index contributed by atoms with van der Waals surface area (Å²) in [6.45, 7) is -2.17. The molecule has 4 nitrogen and oxygen atoms in total. The van der Waals surface area contributed by atoms with Crippen LogP contribution < -0.4 is 15.8 Å². The van der Waals surface area contributed by atoms with Crippen molar-refractivity contribution in [1.82, 2.24) is 4.98 Å². The van der Waals surface area contributed by atoms with E-state index in [1.165, 1.54) is 12.3 Å². The molecule has 1 aliphatic rings. The monoisotopic (exact) mass is 243 g/mol. The minimum atomic E-state index is -2.82. The second-order valence-corrected chi connectivity index (χ2v) is 4.33.